The highest BCUT2D eigenvalue weighted by Gasteiger charge is 2.29. The van der Waals surface area contributed by atoms with E-state index in [0.717, 1.165) is 96.5 Å². The van der Waals surface area contributed by atoms with E-state index in [0.29, 0.717) is 0 Å². The predicted octanol–water partition coefficient (Wildman–Crippen LogP) is 4.86. The van der Waals surface area contributed by atoms with Gasteiger partial charge >= 0.3 is 0 Å². The number of aromatic nitrogens is 1. The first kappa shape index (κ1) is 30.4. The number of anilines is 2. The van der Waals surface area contributed by atoms with Gasteiger partial charge < -0.3 is 24.0 Å². The molecule has 4 aliphatic heterocycles. The van der Waals surface area contributed by atoms with E-state index in [4.69, 9.17) is 19.2 Å². The van der Waals surface area contributed by atoms with Crippen molar-refractivity contribution in [1.29, 1.82) is 0 Å². The van der Waals surface area contributed by atoms with E-state index in [2.05, 4.69) is 45.6 Å². The van der Waals surface area contributed by atoms with Crippen LogP contribution < -0.4 is 19.7 Å². The Balaban J connectivity index is 0.00000176. The number of unbranched alkanes of at least 4 members (excludes halogenated alkanes) is 2. The van der Waals surface area contributed by atoms with Gasteiger partial charge in [0, 0.05) is 37.4 Å². The number of rotatable bonds is 6. The smallest absolute Gasteiger partial charge is 0.228 e. The van der Waals surface area contributed by atoms with Gasteiger partial charge in [-0.25, -0.2) is 9.56 Å². The molecule has 1 aromatic carbocycles. The number of aryl methyl sites for hydroxylation is 1. The molecule has 1 aromatic rings. The second-order valence-corrected chi connectivity index (χ2v) is 11.3. The van der Waals surface area contributed by atoms with Crippen molar-refractivity contribution in [1.82, 2.24) is 9.56 Å². The van der Waals surface area contributed by atoms with E-state index < -0.39 is 0 Å². The Morgan fingerprint density at radius 2 is 1.54 bits per heavy atom. The molecule has 39 heavy (non-hydrogen) atoms. The lowest BCUT2D eigenvalue weighted by molar-refractivity contribution is 0.0962. The molecule has 1 aliphatic carbocycles. The Hall–Kier alpha value is -1.53. The molecule has 214 valence electrons. The van der Waals surface area contributed by atoms with Gasteiger partial charge in [0.15, 0.2) is 13.1 Å². The number of hydrogen-bond acceptors (Lipinski definition) is 7. The average Bonchev–Trinajstić information content (AvgIpc) is 2.96. The van der Waals surface area contributed by atoms with Gasteiger partial charge in [0.2, 0.25) is 5.36 Å². The van der Waals surface area contributed by atoms with E-state index in [1.54, 1.807) is 0 Å². The molecule has 9 heteroatoms. The lowest BCUT2D eigenvalue weighted by atomic mass is 10.0. The first-order chi connectivity index (χ1) is 18.3. The zero-order valence-electron chi connectivity index (χ0n) is 22.5. The molecule has 0 amide bonds. The van der Waals surface area contributed by atoms with Crippen LogP contribution in [-0.2, 0) is 20.6 Å². The highest BCUT2D eigenvalue weighted by molar-refractivity contribution is 14.0. The van der Waals surface area contributed by atoms with Crippen molar-refractivity contribution in [3.05, 3.63) is 35.2 Å². The molecule has 4 heterocycles. The number of hydrogen-bond donors (Lipinski definition) is 0. The van der Waals surface area contributed by atoms with Crippen molar-refractivity contribution in [2.75, 3.05) is 88.7 Å². The Morgan fingerprint density at radius 3 is 2.23 bits per heavy atom. The summed E-state index contributed by atoms with van der Waals surface area (Å²) in [6, 6.07) is 9.17. The van der Waals surface area contributed by atoms with Gasteiger partial charge in [-0.15, -0.1) is 35.3 Å². The van der Waals surface area contributed by atoms with Gasteiger partial charge in [0.25, 0.3) is 0 Å². The highest BCUT2D eigenvalue weighted by atomic mass is 127. The molecule has 0 unspecified atom stereocenters. The van der Waals surface area contributed by atoms with Crippen LogP contribution in [0.15, 0.2) is 24.3 Å². The number of halogens is 1. The summed E-state index contributed by atoms with van der Waals surface area (Å²) in [5.41, 5.74) is 6.28. The number of morpholine rings is 3. The first-order valence-electron chi connectivity index (χ1n) is 14.0. The number of ether oxygens (including phenoxy) is 3. The van der Waals surface area contributed by atoms with Crippen LogP contribution in [0, 0.1) is 0 Å². The molecule has 7 nitrogen and oxygen atoms in total. The molecule has 0 saturated carbocycles. The van der Waals surface area contributed by atoms with Crippen molar-refractivity contribution >= 4 is 56.9 Å². The van der Waals surface area contributed by atoms with Crippen molar-refractivity contribution in [2.24, 2.45) is 0 Å². The fourth-order valence-corrected chi connectivity index (χ4v) is 6.92. The number of nitrogens with zero attached hydrogens (tertiary/aromatic N) is 4. The summed E-state index contributed by atoms with van der Waals surface area (Å²) in [6.45, 7) is 12.6. The lowest BCUT2D eigenvalue weighted by Gasteiger charge is -2.31. The van der Waals surface area contributed by atoms with Crippen LogP contribution in [0.1, 0.15) is 39.2 Å². The van der Waals surface area contributed by atoms with Crippen molar-refractivity contribution in [3.63, 3.8) is 0 Å². The Bertz CT molecular complexity index is 1260. The molecular formula is C30H44IN4O3S+. The molecule has 0 spiro atoms. The maximum Gasteiger partial charge on any atom is 0.228 e. The molecule has 0 N–H and O–H groups in total. The monoisotopic (exact) mass is 667 g/mol. The quantitative estimate of drug-likeness (QED) is 0.162. The third kappa shape index (κ3) is 6.69. The molecule has 3 fully saturated rings. The summed E-state index contributed by atoms with van der Waals surface area (Å²) in [5, 5.41) is 1.41. The molecule has 6 rings (SSSR count). The molecule has 3 saturated heterocycles. The fourth-order valence-electron chi connectivity index (χ4n) is 5.77. The summed E-state index contributed by atoms with van der Waals surface area (Å²) in [4.78, 5) is 11.6. The molecule has 0 aromatic heterocycles. The van der Waals surface area contributed by atoms with Crippen molar-refractivity contribution < 1.29 is 14.2 Å². The van der Waals surface area contributed by atoms with Gasteiger partial charge in [-0.3, -0.25) is 0 Å². The van der Waals surface area contributed by atoms with E-state index >= 15 is 0 Å². The van der Waals surface area contributed by atoms with Crippen LogP contribution in [0.3, 0.4) is 0 Å². The van der Waals surface area contributed by atoms with Crippen LogP contribution in [0.4, 0.5) is 11.4 Å². The zero-order chi connectivity index (χ0) is 25.0. The third-order valence-electron chi connectivity index (χ3n) is 7.76. The minimum atomic E-state index is 0. The van der Waals surface area contributed by atoms with E-state index in [-0.39, 0.29) is 31.4 Å². The van der Waals surface area contributed by atoms with Crippen molar-refractivity contribution in [2.45, 2.75) is 40.0 Å². The minimum absolute atomic E-state index is 0. The van der Waals surface area contributed by atoms with E-state index in [1.165, 1.54) is 51.1 Å². The Morgan fingerprint density at radius 1 is 0.872 bits per heavy atom. The fraction of sp³-hybridized carbons (Fsp3) is 0.600. The maximum absolute atomic E-state index is 5.78. The van der Waals surface area contributed by atoms with Gasteiger partial charge in [0.1, 0.15) is 18.9 Å². The van der Waals surface area contributed by atoms with Crippen LogP contribution in [0.2, 0.25) is 0 Å². The van der Waals surface area contributed by atoms with Gasteiger partial charge in [0.05, 0.1) is 47.2 Å². The number of benzene rings is 2. The zero-order valence-corrected chi connectivity index (χ0v) is 25.6. The summed E-state index contributed by atoms with van der Waals surface area (Å²) >= 11 is 1.90. The SMILES string of the molecule is C.CCCCCc1cc2nc3ccc(N4CCOCC4)cc3sc-2c(N2CCOCC2)c1=[N+]1CCOCC1.I. The molecule has 0 radical (unpaired) electrons. The second-order valence-electron chi connectivity index (χ2n) is 10.2. The first-order valence-corrected chi connectivity index (χ1v) is 14.8. The van der Waals surface area contributed by atoms with Gasteiger partial charge in [-0.2, -0.15) is 0 Å². The summed E-state index contributed by atoms with van der Waals surface area (Å²) in [6.07, 6.45) is 4.79. The average molecular weight is 668 g/mol. The van der Waals surface area contributed by atoms with Crippen LogP contribution in [-0.4, -0.2) is 83.9 Å². The second kappa shape index (κ2) is 14.4. The normalized spacial score (nSPS) is 18.2. The van der Waals surface area contributed by atoms with Gasteiger partial charge in [-0.1, -0.05) is 27.2 Å². The van der Waals surface area contributed by atoms with E-state index in [9.17, 15) is 0 Å². The molecule has 0 atom stereocenters. The Kier molecular flexibility index (Phi) is 11.2. The van der Waals surface area contributed by atoms with Crippen molar-refractivity contribution in [3.8, 4) is 10.6 Å². The lowest BCUT2D eigenvalue weighted by Crippen LogP contribution is -2.46. The minimum Gasteiger partial charge on any atom is -0.378 e. The standard InChI is InChI=1S/C29H39N4O3S.CH4.HI/c1-2-3-4-5-22-20-25-29(28(33-12-18-36-19-13-33)27(22)32-10-16-35-17-11-32)37-26-21-23(6-7-24(26)30-25)31-8-14-34-15-9-31;;/h6-7,20-21H,2-5,8-19H2,1H3;1H4;1H/q+1;;. The molecule has 5 aliphatic rings. The van der Waals surface area contributed by atoms with E-state index in [1.807, 2.05) is 11.3 Å². The largest absolute Gasteiger partial charge is 0.378 e. The van der Waals surface area contributed by atoms with Crippen LogP contribution in [0.5, 0.6) is 0 Å². The summed E-state index contributed by atoms with van der Waals surface area (Å²) in [5.74, 6) is 0. The maximum atomic E-state index is 5.78. The highest BCUT2D eigenvalue weighted by Crippen LogP contribution is 2.39. The Labute approximate surface area is 254 Å². The van der Waals surface area contributed by atoms with Gasteiger partial charge in [-0.05, 0) is 37.1 Å². The predicted molar refractivity (Wildman–Crippen MR) is 174 cm³/mol. The molecule has 0 bridgehead atoms. The third-order valence-corrected chi connectivity index (χ3v) is 8.92. The summed E-state index contributed by atoms with van der Waals surface area (Å²) in [7, 11) is 0. The molecular weight excluding hydrogens is 623 g/mol. The summed E-state index contributed by atoms with van der Waals surface area (Å²) < 4.78 is 21.0. The topological polar surface area (TPSA) is 50.1 Å². The number of fused-ring (bicyclic) bond motifs is 2. The van der Waals surface area contributed by atoms with Crippen LogP contribution >= 0.6 is 35.3 Å². The van der Waals surface area contributed by atoms with Crippen LogP contribution in [0.25, 0.3) is 20.8 Å².